The Morgan fingerprint density at radius 3 is 1.87 bits per heavy atom. The summed E-state index contributed by atoms with van der Waals surface area (Å²) in [6, 6.07) is 16.4. The number of carbonyl (C=O) groups excluding carboxylic acids is 3. The van der Waals surface area contributed by atoms with E-state index >= 15 is 0 Å². The first kappa shape index (κ1) is 16.3. The Balaban J connectivity index is 2.02. The van der Waals surface area contributed by atoms with Gasteiger partial charge in [0.15, 0.2) is 5.78 Å². The van der Waals surface area contributed by atoms with Crippen molar-refractivity contribution >= 4 is 23.3 Å². The number of rotatable bonds is 7. The molecule has 0 atom stereocenters. The summed E-state index contributed by atoms with van der Waals surface area (Å²) in [7, 11) is 0. The van der Waals surface area contributed by atoms with E-state index in [0.29, 0.717) is 5.56 Å². The summed E-state index contributed by atoms with van der Waals surface area (Å²) < 4.78 is 0. The lowest BCUT2D eigenvalue weighted by Gasteiger charge is -2.04. The topological polar surface area (TPSA) is 88.5 Å². The second-order valence-corrected chi connectivity index (χ2v) is 4.99. The zero-order chi connectivity index (χ0) is 16.8. The normalized spacial score (nSPS) is 10.1. The summed E-state index contributed by atoms with van der Waals surface area (Å²) in [6.07, 6.45) is -1.24. The molecule has 116 valence electrons. The van der Waals surface area contributed by atoms with Crippen LogP contribution in [0, 0.1) is 0 Å². The molecular formula is C18H14O5. The summed E-state index contributed by atoms with van der Waals surface area (Å²) in [6.45, 7) is 0. The van der Waals surface area contributed by atoms with Crippen LogP contribution in [0.3, 0.4) is 0 Å². The number of benzene rings is 2. The maximum absolute atomic E-state index is 12.0. The highest BCUT2D eigenvalue weighted by Gasteiger charge is 2.19. The van der Waals surface area contributed by atoms with Crippen molar-refractivity contribution in [2.24, 2.45) is 0 Å². The molecule has 0 fully saturated rings. The third-order valence-corrected chi connectivity index (χ3v) is 3.27. The molecule has 0 saturated heterocycles. The van der Waals surface area contributed by atoms with Crippen LogP contribution in [0.2, 0.25) is 0 Å². The molecule has 0 aliphatic heterocycles. The van der Waals surface area contributed by atoms with Gasteiger partial charge in [0.1, 0.15) is 5.78 Å². The van der Waals surface area contributed by atoms with Gasteiger partial charge in [0, 0.05) is 5.56 Å². The molecule has 0 amide bonds. The van der Waals surface area contributed by atoms with Crippen molar-refractivity contribution in [1.29, 1.82) is 0 Å². The van der Waals surface area contributed by atoms with Gasteiger partial charge in [-0.25, -0.2) is 4.79 Å². The fraction of sp³-hybridized carbons (Fsp3) is 0.111. The first-order chi connectivity index (χ1) is 11.0. The van der Waals surface area contributed by atoms with E-state index in [2.05, 4.69) is 0 Å². The first-order valence-electron chi connectivity index (χ1n) is 6.94. The van der Waals surface area contributed by atoms with Crippen LogP contribution in [0.4, 0.5) is 0 Å². The minimum Gasteiger partial charge on any atom is -0.475 e. The number of hydrogen-bond donors (Lipinski definition) is 1. The molecule has 0 aromatic heterocycles. The van der Waals surface area contributed by atoms with Gasteiger partial charge in [0.25, 0.3) is 0 Å². The van der Waals surface area contributed by atoms with E-state index in [1.54, 1.807) is 24.3 Å². The highest BCUT2D eigenvalue weighted by molar-refractivity contribution is 6.36. The molecule has 2 rings (SSSR count). The average Bonchev–Trinajstić information content (AvgIpc) is 2.55. The summed E-state index contributed by atoms with van der Waals surface area (Å²) in [5, 5.41) is 8.43. The molecule has 0 unspecified atom stereocenters. The minimum atomic E-state index is -1.67. The van der Waals surface area contributed by atoms with E-state index in [0.717, 1.165) is 11.1 Å². The van der Waals surface area contributed by atoms with Crippen molar-refractivity contribution in [3.63, 3.8) is 0 Å². The van der Waals surface area contributed by atoms with Gasteiger partial charge in [-0.2, -0.15) is 0 Å². The standard InChI is InChI=1S/C18H14O5/c19-15(11-17(21)18(22)23)10-16(20)14-8-6-13(7-9-14)12-4-2-1-3-5-12/h1-9H,10-11H2,(H,22,23). The molecule has 0 heterocycles. The zero-order valence-electron chi connectivity index (χ0n) is 12.2. The van der Waals surface area contributed by atoms with Crippen LogP contribution < -0.4 is 0 Å². The molecule has 0 saturated carbocycles. The molecule has 5 heteroatoms. The number of carboxylic acids is 1. The van der Waals surface area contributed by atoms with Gasteiger partial charge in [-0.15, -0.1) is 0 Å². The monoisotopic (exact) mass is 310 g/mol. The lowest BCUT2D eigenvalue weighted by molar-refractivity contribution is -0.150. The molecule has 5 nitrogen and oxygen atoms in total. The maximum Gasteiger partial charge on any atom is 0.372 e. The summed E-state index contributed by atoms with van der Waals surface area (Å²) in [4.78, 5) is 44.8. The smallest absolute Gasteiger partial charge is 0.372 e. The van der Waals surface area contributed by atoms with Gasteiger partial charge in [-0.05, 0) is 11.1 Å². The lowest BCUT2D eigenvalue weighted by Crippen LogP contribution is -2.19. The Bertz CT molecular complexity index is 745. The fourth-order valence-corrected chi connectivity index (χ4v) is 2.08. The average molecular weight is 310 g/mol. The van der Waals surface area contributed by atoms with Crippen molar-refractivity contribution in [2.75, 3.05) is 0 Å². The minimum absolute atomic E-state index is 0.348. The van der Waals surface area contributed by atoms with Crippen LogP contribution in [0.5, 0.6) is 0 Å². The molecule has 2 aromatic rings. The van der Waals surface area contributed by atoms with Crippen molar-refractivity contribution in [2.45, 2.75) is 12.8 Å². The Labute approximate surface area is 132 Å². The summed E-state index contributed by atoms with van der Waals surface area (Å²) in [5.41, 5.74) is 2.30. The lowest BCUT2D eigenvalue weighted by atomic mass is 9.99. The van der Waals surface area contributed by atoms with Crippen LogP contribution in [-0.4, -0.2) is 28.4 Å². The van der Waals surface area contributed by atoms with E-state index in [-0.39, 0.29) is 0 Å². The van der Waals surface area contributed by atoms with Gasteiger partial charge in [0.2, 0.25) is 5.78 Å². The molecular weight excluding hydrogens is 296 g/mol. The molecule has 2 aromatic carbocycles. The summed E-state index contributed by atoms with van der Waals surface area (Å²) in [5.74, 6) is -4.01. The molecule has 23 heavy (non-hydrogen) atoms. The van der Waals surface area contributed by atoms with Gasteiger partial charge < -0.3 is 5.11 Å². The summed E-state index contributed by atoms with van der Waals surface area (Å²) >= 11 is 0. The second-order valence-electron chi connectivity index (χ2n) is 4.99. The number of hydrogen-bond acceptors (Lipinski definition) is 4. The Morgan fingerprint density at radius 1 is 0.739 bits per heavy atom. The Hall–Kier alpha value is -3.08. The van der Waals surface area contributed by atoms with Crippen LogP contribution in [0.25, 0.3) is 11.1 Å². The largest absolute Gasteiger partial charge is 0.475 e. The van der Waals surface area contributed by atoms with Gasteiger partial charge >= 0.3 is 5.97 Å². The zero-order valence-corrected chi connectivity index (χ0v) is 12.2. The number of carboxylic acid groups (broad SMARTS) is 1. The van der Waals surface area contributed by atoms with Gasteiger partial charge in [-0.1, -0.05) is 54.6 Å². The molecule has 0 aliphatic carbocycles. The third-order valence-electron chi connectivity index (χ3n) is 3.27. The number of carbonyl (C=O) groups is 4. The third kappa shape index (κ3) is 4.44. The van der Waals surface area contributed by atoms with Crippen molar-refractivity contribution in [3.8, 4) is 11.1 Å². The predicted octanol–water partition coefficient (Wildman–Crippen LogP) is 2.54. The van der Waals surface area contributed by atoms with Crippen molar-refractivity contribution in [3.05, 3.63) is 60.2 Å². The molecule has 0 radical (unpaired) electrons. The number of ketones is 3. The van der Waals surface area contributed by atoms with E-state index in [4.69, 9.17) is 5.11 Å². The van der Waals surface area contributed by atoms with E-state index in [1.807, 2.05) is 30.3 Å². The van der Waals surface area contributed by atoms with Crippen LogP contribution in [0.15, 0.2) is 54.6 Å². The second kappa shape index (κ2) is 7.26. The van der Waals surface area contributed by atoms with Gasteiger partial charge in [0.05, 0.1) is 12.8 Å². The molecule has 0 spiro atoms. The van der Waals surface area contributed by atoms with Crippen molar-refractivity contribution < 1.29 is 24.3 Å². The molecule has 0 bridgehead atoms. The fourth-order valence-electron chi connectivity index (χ4n) is 2.08. The predicted molar refractivity (Wildman–Crippen MR) is 83.1 cm³/mol. The van der Waals surface area contributed by atoms with Gasteiger partial charge in [-0.3, -0.25) is 14.4 Å². The van der Waals surface area contributed by atoms with Crippen LogP contribution >= 0.6 is 0 Å². The Kier molecular flexibility index (Phi) is 5.15. The molecule has 0 aliphatic rings. The quantitative estimate of drug-likeness (QED) is 0.482. The van der Waals surface area contributed by atoms with Crippen LogP contribution in [-0.2, 0) is 14.4 Å². The molecule has 1 N–H and O–H groups in total. The van der Waals surface area contributed by atoms with E-state index < -0.39 is 36.2 Å². The highest BCUT2D eigenvalue weighted by Crippen LogP contribution is 2.19. The van der Waals surface area contributed by atoms with E-state index in [1.165, 1.54) is 0 Å². The number of aliphatic carboxylic acids is 1. The van der Waals surface area contributed by atoms with E-state index in [9.17, 15) is 19.2 Å². The van der Waals surface area contributed by atoms with Crippen molar-refractivity contribution in [1.82, 2.24) is 0 Å². The highest BCUT2D eigenvalue weighted by atomic mass is 16.4. The SMILES string of the molecule is O=C(CC(=O)C(=O)O)CC(=O)c1ccc(-c2ccccc2)cc1. The van der Waals surface area contributed by atoms with Crippen LogP contribution in [0.1, 0.15) is 23.2 Å². The Morgan fingerprint density at radius 2 is 1.30 bits per heavy atom. The first-order valence-corrected chi connectivity index (χ1v) is 6.94. The number of Topliss-reactive ketones (excluding diaryl/α,β-unsaturated/α-hetero) is 3. The maximum atomic E-state index is 12.0.